The number of aromatic nitrogens is 3. The number of halogens is 2. The number of hydrogen-bond acceptors (Lipinski definition) is 5. The Morgan fingerprint density at radius 3 is 2.77 bits per heavy atom. The van der Waals surface area contributed by atoms with Crippen molar-refractivity contribution in [1.29, 1.82) is 0 Å². The normalized spacial score (nSPS) is 15.5. The Morgan fingerprint density at radius 1 is 1.18 bits per heavy atom. The van der Waals surface area contributed by atoms with Crippen LogP contribution in [-0.4, -0.2) is 21.2 Å². The van der Waals surface area contributed by atoms with Crippen molar-refractivity contribution >= 4 is 29.1 Å². The molecule has 0 atom stereocenters. The van der Waals surface area contributed by atoms with Crippen LogP contribution in [0.4, 0.5) is 21.8 Å². The van der Waals surface area contributed by atoms with Gasteiger partial charge in [0.2, 0.25) is 5.95 Å². The highest BCUT2D eigenvalue weighted by Crippen LogP contribution is 2.23. The number of benzene rings is 1. The molecule has 1 aliphatic carbocycles. The molecule has 22 heavy (non-hydrogen) atoms. The molecule has 0 spiro atoms. The summed E-state index contributed by atoms with van der Waals surface area (Å²) in [6.07, 6.45) is 7.55. The van der Waals surface area contributed by atoms with Crippen LogP contribution >= 0.6 is 11.6 Å². The fourth-order valence-electron chi connectivity index (χ4n) is 2.58. The molecule has 1 aromatic carbocycles. The van der Waals surface area contributed by atoms with Crippen LogP contribution in [0, 0.1) is 5.82 Å². The summed E-state index contributed by atoms with van der Waals surface area (Å²) in [7, 11) is 0. The Morgan fingerprint density at radius 2 is 2.00 bits per heavy atom. The predicted octanol–water partition coefficient (Wildman–Crippen LogP) is 4.15. The Kier molecular flexibility index (Phi) is 4.68. The highest BCUT2D eigenvalue weighted by Gasteiger charge is 2.14. The van der Waals surface area contributed by atoms with Crippen molar-refractivity contribution < 1.29 is 4.39 Å². The molecule has 0 radical (unpaired) electrons. The molecule has 0 bridgehead atoms. The average molecular weight is 322 g/mol. The lowest BCUT2D eigenvalue weighted by molar-refractivity contribution is 0.460. The van der Waals surface area contributed by atoms with Crippen molar-refractivity contribution in [2.24, 2.45) is 0 Å². The fraction of sp³-hybridized carbons (Fsp3) is 0.400. The summed E-state index contributed by atoms with van der Waals surface area (Å²) in [6.45, 7) is 0. The van der Waals surface area contributed by atoms with E-state index in [-0.39, 0.29) is 5.02 Å². The topological polar surface area (TPSA) is 62.7 Å². The molecule has 7 heteroatoms. The molecule has 1 aromatic heterocycles. The molecule has 1 aliphatic rings. The maximum absolute atomic E-state index is 13.2. The zero-order valence-electron chi connectivity index (χ0n) is 12.0. The quantitative estimate of drug-likeness (QED) is 0.885. The molecule has 116 valence electrons. The van der Waals surface area contributed by atoms with E-state index in [0.29, 0.717) is 23.5 Å². The van der Waals surface area contributed by atoms with Crippen molar-refractivity contribution in [2.75, 3.05) is 10.6 Å². The Bertz CT molecular complexity index is 646. The zero-order chi connectivity index (χ0) is 15.4. The molecule has 1 saturated carbocycles. The summed E-state index contributed by atoms with van der Waals surface area (Å²) in [4.78, 5) is 4.38. The van der Waals surface area contributed by atoms with E-state index in [0.717, 1.165) is 12.8 Å². The van der Waals surface area contributed by atoms with E-state index in [1.807, 2.05) is 0 Å². The smallest absolute Gasteiger partial charge is 0.244 e. The SMILES string of the molecule is Fc1ccc(Nc2cnnc(NC3CCCCC3)n2)cc1Cl. The van der Waals surface area contributed by atoms with Gasteiger partial charge in [-0.05, 0) is 31.0 Å². The van der Waals surface area contributed by atoms with Gasteiger partial charge in [-0.25, -0.2) is 4.39 Å². The molecule has 2 aromatic rings. The van der Waals surface area contributed by atoms with Gasteiger partial charge in [-0.15, -0.1) is 5.10 Å². The van der Waals surface area contributed by atoms with Crippen molar-refractivity contribution in [3.63, 3.8) is 0 Å². The minimum absolute atomic E-state index is 0.0626. The minimum atomic E-state index is -0.451. The van der Waals surface area contributed by atoms with Crippen molar-refractivity contribution in [2.45, 2.75) is 38.1 Å². The Balaban J connectivity index is 1.68. The van der Waals surface area contributed by atoms with E-state index in [1.165, 1.54) is 37.6 Å². The van der Waals surface area contributed by atoms with Gasteiger partial charge in [0.05, 0.1) is 11.2 Å². The molecule has 3 rings (SSSR count). The number of hydrogen-bond donors (Lipinski definition) is 2. The van der Waals surface area contributed by atoms with Gasteiger partial charge < -0.3 is 10.6 Å². The lowest BCUT2D eigenvalue weighted by atomic mass is 9.96. The third-order valence-electron chi connectivity index (χ3n) is 3.69. The summed E-state index contributed by atoms with van der Waals surface area (Å²) in [5.41, 5.74) is 0.649. The van der Waals surface area contributed by atoms with Crippen LogP contribution in [0.15, 0.2) is 24.4 Å². The number of nitrogens with one attached hydrogen (secondary N) is 2. The number of rotatable bonds is 4. The Hall–Kier alpha value is -1.95. The van der Waals surface area contributed by atoms with Crippen LogP contribution in [0.1, 0.15) is 32.1 Å². The first-order valence-corrected chi connectivity index (χ1v) is 7.77. The average Bonchev–Trinajstić information content (AvgIpc) is 2.52. The molecular formula is C15H17ClFN5. The van der Waals surface area contributed by atoms with Crippen LogP contribution in [0.2, 0.25) is 5.02 Å². The lowest BCUT2D eigenvalue weighted by Crippen LogP contribution is -2.23. The predicted molar refractivity (Wildman–Crippen MR) is 85.0 cm³/mol. The fourth-order valence-corrected chi connectivity index (χ4v) is 2.76. The standard InChI is InChI=1S/C15H17ClFN5/c16-12-8-11(6-7-13(12)17)19-14-9-18-22-15(21-14)20-10-4-2-1-3-5-10/h6-10H,1-5H2,(H2,19,20,21,22). The lowest BCUT2D eigenvalue weighted by Gasteiger charge is -2.22. The van der Waals surface area contributed by atoms with Crippen LogP contribution < -0.4 is 10.6 Å². The van der Waals surface area contributed by atoms with E-state index in [4.69, 9.17) is 11.6 Å². The molecular weight excluding hydrogens is 305 g/mol. The molecule has 2 N–H and O–H groups in total. The van der Waals surface area contributed by atoms with Crippen LogP contribution in [0.25, 0.3) is 0 Å². The van der Waals surface area contributed by atoms with Gasteiger partial charge in [0.15, 0.2) is 5.82 Å². The van der Waals surface area contributed by atoms with E-state index < -0.39 is 5.82 Å². The van der Waals surface area contributed by atoms with Gasteiger partial charge in [0, 0.05) is 11.7 Å². The van der Waals surface area contributed by atoms with Crippen molar-refractivity contribution in [1.82, 2.24) is 15.2 Å². The number of nitrogens with zero attached hydrogens (tertiary/aromatic N) is 3. The van der Waals surface area contributed by atoms with Gasteiger partial charge in [0.1, 0.15) is 5.82 Å². The highest BCUT2D eigenvalue weighted by atomic mass is 35.5. The zero-order valence-corrected chi connectivity index (χ0v) is 12.8. The molecule has 5 nitrogen and oxygen atoms in total. The van der Waals surface area contributed by atoms with Crippen LogP contribution in [-0.2, 0) is 0 Å². The Labute approximate surface area is 133 Å². The van der Waals surface area contributed by atoms with Gasteiger partial charge in [-0.3, -0.25) is 0 Å². The largest absolute Gasteiger partial charge is 0.350 e. The summed E-state index contributed by atoms with van der Waals surface area (Å²) in [5.74, 6) is 0.591. The first-order chi connectivity index (χ1) is 10.7. The minimum Gasteiger partial charge on any atom is -0.350 e. The number of anilines is 3. The van der Waals surface area contributed by atoms with Crippen molar-refractivity contribution in [3.8, 4) is 0 Å². The van der Waals surface area contributed by atoms with E-state index in [2.05, 4.69) is 25.8 Å². The molecule has 0 saturated heterocycles. The molecule has 1 heterocycles. The summed E-state index contributed by atoms with van der Waals surface area (Å²) >= 11 is 5.76. The maximum atomic E-state index is 13.2. The first-order valence-electron chi connectivity index (χ1n) is 7.39. The summed E-state index contributed by atoms with van der Waals surface area (Å²) in [6, 6.07) is 4.82. The van der Waals surface area contributed by atoms with Gasteiger partial charge in [0.25, 0.3) is 0 Å². The van der Waals surface area contributed by atoms with Crippen LogP contribution in [0.3, 0.4) is 0 Å². The second-order valence-electron chi connectivity index (χ2n) is 5.40. The monoisotopic (exact) mass is 321 g/mol. The van der Waals surface area contributed by atoms with Gasteiger partial charge >= 0.3 is 0 Å². The third kappa shape index (κ3) is 3.82. The molecule has 0 unspecified atom stereocenters. The summed E-state index contributed by atoms with van der Waals surface area (Å²) < 4.78 is 13.2. The third-order valence-corrected chi connectivity index (χ3v) is 3.98. The molecule has 1 fully saturated rings. The van der Waals surface area contributed by atoms with Crippen LogP contribution in [0.5, 0.6) is 0 Å². The summed E-state index contributed by atoms with van der Waals surface area (Å²) in [5, 5.41) is 14.4. The second-order valence-corrected chi connectivity index (χ2v) is 5.81. The molecule has 0 amide bonds. The van der Waals surface area contributed by atoms with Gasteiger partial charge in [-0.1, -0.05) is 30.9 Å². The van der Waals surface area contributed by atoms with E-state index in [1.54, 1.807) is 6.07 Å². The first kappa shape index (κ1) is 15.0. The maximum Gasteiger partial charge on any atom is 0.244 e. The van der Waals surface area contributed by atoms with E-state index in [9.17, 15) is 4.39 Å². The van der Waals surface area contributed by atoms with Gasteiger partial charge in [-0.2, -0.15) is 10.1 Å². The van der Waals surface area contributed by atoms with E-state index >= 15 is 0 Å². The molecule has 0 aliphatic heterocycles. The highest BCUT2D eigenvalue weighted by molar-refractivity contribution is 6.31. The second kappa shape index (κ2) is 6.87. The van der Waals surface area contributed by atoms with Crippen molar-refractivity contribution in [3.05, 3.63) is 35.2 Å².